The Kier molecular flexibility index (Phi) is 5.82. The Hall–Kier alpha value is -2.98. The summed E-state index contributed by atoms with van der Waals surface area (Å²) in [6, 6.07) is 10.8. The summed E-state index contributed by atoms with van der Waals surface area (Å²) in [5, 5.41) is 22.1. The second kappa shape index (κ2) is 8.04. The molecule has 0 saturated heterocycles. The largest absolute Gasteiger partial charge is 0.453 e. The van der Waals surface area contributed by atoms with Crippen molar-refractivity contribution >= 4 is 17.5 Å². The van der Waals surface area contributed by atoms with Gasteiger partial charge in [0.15, 0.2) is 0 Å². The number of amides is 1. The zero-order chi connectivity index (χ0) is 22.1. The van der Waals surface area contributed by atoms with Gasteiger partial charge in [0, 0.05) is 10.6 Å². The number of tetrazole rings is 1. The van der Waals surface area contributed by atoms with E-state index in [2.05, 4.69) is 20.8 Å². The fourth-order valence-corrected chi connectivity index (χ4v) is 2.76. The number of rotatable bonds is 5. The van der Waals surface area contributed by atoms with Crippen molar-refractivity contribution < 1.29 is 23.1 Å². The lowest BCUT2D eigenvalue weighted by atomic mass is 10.0. The number of aliphatic hydroxyl groups is 1. The molecule has 158 valence electrons. The van der Waals surface area contributed by atoms with Crippen LogP contribution >= 0.6 is 11.6 Å². The molecule has 7 nitrogen and oxygen atoms in total. The molecule has 11 heteroatoms. The van der Waals surface area contributed by atoms with Gasteiger partial charge in [-0.1, -0.05) is 23.7 Å². The predicted octanol–water partition coefficient (Wildman–Crippen LogP) is 3.50. The van der Waals surface area contributed by atoms with Gasteiger partial charge in [-0.05, 0) is 65.7 Å². The minimum Gasteiger partial charge on any atom is -0.394 e. The number of aliphatic hydroxyl groups excluding tert-OH is 1. The average molecular weight is 440 g/mol. The molecule has 0 radical (unpaired) electrons. The number of hydrogen-bond donors (Lipinski definition) is 2. The standard InChI is InChI=1S/C19H17ClF3N5O2/c1-18(2,10-29)24-16(30)13-7-12(11-3-5-14(20)6-4-11)8-15(9-13)28-17(19(21,22)23)25-26-27-28/h3-9,29H,10H2,1-2H3,(H,24,30). The maximum absolute atomic E-state index is 13.3. The Morgan fingerprint density at radius 3 is 2.40 bits per heavy atom. The van der Waals surface area contributed by atoms with E-state index in [4.69, 9.17) is 11.6 Å². The highest BCUT2D eigenvalue weighted by Gasteiger charge is 2.38. The van der Waals surface area contributed by atoms with E-state index in [-0.39, 0.29) is 17.9 Å². The quantitative estimate of drug-likeness (QED) is 0.634. The smallest absolute Gasteiger partial charge is 0.394 e. The second-order valence-corrected chi connectivity index (χ2v) is 7.62. The Morgan fingerprint density at radius 1 is 1.13 bits per heavy atom. The molecule has 0 fully saturated rings. The summed E-state index contributed by atoms with van der Waals surface area (Å²) in [6.07, 6.45) is -4.79. The topological polar surface area (TPSA) is 92.9 Å². The molecule has 0 aliphatic carbocycles. The van der Waals surface area contributed by atoms with Crippen molar-refractivity contribution in [1.29, 1.82) is 0 Å². The first-order valence-electron chi connectivity index (χ1n) is 8.70. The van der Waals surface area contributed by atoms with Crippen LogP contribution < -0.4 is 5.32 Å². The highest BCUT2D eigenvalue weighted by Crippen LogP contribution is 2.31. The second-order valence-electron chi connectivity index (χ2n) is 7.18. The zero-order valence-corrected chi connectivity index (χ0v) is 16.7. The Balaban J connectivity index is 2.15. The molecule has 3 aromatic rings. The summed E-state index contributed by atoms with van der Waals surface area (Å²) in [7, 11) is 0. The number of benzene rings is 2. The van der Waals surface area contributed by atoms with E-state index >= 15 is 0 Å². The molecule has 2 N–H and O–H groups in total. The van der Waals surface area contributed by atoms with Crippen molar-refractivity contribution in [3.63, 3.8) is 0 Å². The Morgan fingerprint density at radius 2 is 1.80 bits per heavy atom. The van der Waals surface area contributed by atoms with Crippen LogP contribution in [0.4, 0.5) is 13.2 Å². The first-order valence-corrected chi connectivity index (χ1v) is 9.08. The number of alkyl halides is 3. The van der Waals surface area contributed by atoms with Gasteiger partial charge in [-0.25, -0.2) is 0 Å². The third kappa shape index (κ3) is 4.77. The molecule has 2 aromatic carbocycles. The number of hydrogen-bond acceptors (Lipinski definition) is 5. The van der Waals surface area contributed by atoms with Gasteiger partial charge in [-0.3, -0.25) is 4.79 Å². The fraction of sp³-hybridized carbons (Fsp3) is 0.263. The van der Waals surface area contributed by atoms with Gasteiger partial charge in [0.05, 0.1) is 17.8 Å². The minimum absolute atomic E-state index is 0.0493. The van der Waals surface area contributed by atoms with Crippen LogP contribution in [0.1, 0.15) is 30.0 Å². The minimum atomic E-state index is -4.79. The van der Waals surface area contributed by atoms with E-state index < -0.39 is 23.4 Å². The molecular weight excluding hydrogens is 423 g/mol. The number of halogens is 4. The number of aromatic nitrogens is 4. The lowest BCUT2D eigenvalue weighted by Crippen LogP contribution is -2.46. The van der Waals surface area contributed by atoms with E-state index in [1.54, 1.807) is 38.1 Å². The van der Waals surface area contributed by atoms with Crippen LogP contribution in [0.5, 0.6) is 0 Å². The third-order valence-corrected chi connectivity index (χ3v) is 4.42. The van der Waals surface area contributed by atoms with Crippen molar-refractivity contribution in [1.82, 2.24) is 25.5 Å². The van der Waals surface area contributed by atoms with Gasteiger partial charge in [0.2, 0.25) is 0 Å². The Bertz CT molecular complexity index is 1060. The number of nitrogens with zero attached hydrogens (tertiary/aromatic N) is 4. The summed E-state index contributed by atoms with van der Waals surface area (Å²) >= 11 is 5.91. The summed E-state index contributed by atoms with van der Waals surface area (Å²) < 4.78 is 40.4. The van der Waals surface area contributed by atoms with Crippen LogP contribution in [0.2, 0.25) is 5.02 Å². The zero-order valence-electron chi connectivity index (χ0n) is 15.9. The van der Waals surface area contributed by atoms with Crippen LogP contribution in [-0.4, -0.2) is 43.4 Å². The van der Waals surface area contributed by atoms with Crippen molar-refractivity contribution in [2.45, 2.75) is 25.6 Å². The first-order chi connectivity index (χ1) is 14.0. The lowest BCUT2D eigenvalue weighted by molar-refractivity contribution is -0.146. The number of carbonyl (C=O) groups is 1. The molecule has 30 heavy (non-hydrogen) atoms. The molecule has 0 atom stereocenters. The molecule has 1 amide bonds. The highest BCUT2D eigenvalue weighted by atomic mass is 35.5. The van der Waals surface area contributed by atoms with Crippen LogP contribution in [0.3, 0.4) is 0 Å². The summed E-state index contributed by atoms with van der Waals surface area (Å²) in [5.74, 6) is -1.90. The van der Waals surface area contributed by atoms with E-state index in [0.29, 0.717) is 20.8 Å². The van der Waals surface area contributed by atoms with Crippen LogP contribution in [0, 0.1) is 0 Å². The van der Waals surface area contributed by atoms with Gasteiger partial charge in [-0.2, -0.15) is 17.9 Å². The van der Waals surface area contributed by atoms with Gasteiger partial charge in [0.1, 0.15) is 0 Å². The highest BCUT2D eigenvalue weighted by molar-refractivity contribution is 6.30. The molecule has 3 rings (SSSR count). The van der Waals surface area contributed by atoms with Crippen molar-refractivity contribution in [2.75, 3.05) is 6.61 Å². The predicted molar refractivity (Wildman–Crippen MR) is 103 cm³/mol. The van der Waals surface area contributed by atoms with Crippen molar-refractivity contribution in [3.8, 4) is 16.8 Å². The normalized spacial score (nSPS) is 12.1. The maximum Gasteiger partial charge on any atom is 0.453 e. The van der Waals surface area contributed by atoms with Gasteiger partial charge < -0.3 is 10.4 Å². The third-order valence-electron chi connectivity index (χ3n) is 4.17. The summed E-state index contributed by atoms with van der Waals surface area (Å²) in [4.78, 5) is 12.7. The molecule has 0 unspecified atom stereocenters. The average Bonchev–Trinajstić information content (AvgIpc) is 3.18. The molecule has 0 aliphatic rings. The molecule has 1 heterocycles. The van der Waals surface area contributed by atoms with E-state index in [0.717, 1.165) is 0 Å². The monoisotopic (exact) mass is 439 g/mol. The molecule has 1 aromatic heterocycles. The SMILES string of the molecule is CC(C)(CO)NC(=O)c1cc(-c2ccc(Cl)cc2)cc(-n2nnnc2C(F)(F)F)c1. The summed E-state index contributed by atoms with van der Waals surface area (Å²) in [6.45, 7) is 2.89. The first kappa shape index (κ1) is 21.7. The fourth-order valence-electron chi connectivity index (χ4n) is 2.63. The van der Waals surface area contributed by atoms with Gasteiger partial charge in [-0.15, -0.1) is 5.10 Å². The van der Waals surface area contributed by atoms with Crippen LogP contribution in [0.15, 0.2) is 42.5 Å². The van der Waals surface area contributed by atoms with E-state index in [1.165, 1.54) is 18.2 Å². The van der Waals surface area contributed by atoms with Crippen LogP contribution in [-0.2, 0) is 6.18 Å². The molecule has 0 spiro atoms. The molecule has 0 aliphatic heterocycles. The van der Waals surface area contributed by atoms with Crippen molar-refractivity contribution in [2.24, 2.45) is 0 Å². The van der Waals surface area contributed by atoms with E-state index in [1.807, 2.05) is 0 Å². The molecule has 0 bridgehead atoms. The molecule has 0 saturated carbocycles. The molecular formula is C19H17ClF3N5O2. The number of nitrogens with one attached hydrogen (secondary N) is 1. The Labute approximate surface area is 174 Å². The van der Waals surface area contributed by atoms with Gasteiger partial charge >= 0.3 is 6.18 Å². The maximum atomic E-state index is 13.3. The van der Waals surface area contributed by atoms with Crippen molar-refractivity contribution in [3.05, 3.63) is 58.9 Å². The van der Waals surface area contributed by atoms with Gasteiger partial charge in [0.25, 0.3) is 11.7 Å². The lowest BCUT2D eigenvalue weighted by Gasteiger charge is -2.23. The number of carbonyl (C=O) groups excluding carboxylic acids is 1. The van der Waals surface area contributed by atoms with E-state index in [9.17, 15) is 23.1 Å². The van der Waals surface area contributed by atoms with Crippen LogP contribution in [0.25, 0.3) is 16.8 Å². The summed E-state index contributed by atoms with van der Waals surface area (Å²) in [5.41, 5.74) is 0.173.